The summed E-state index contributed by atoms with van der Waals surface area (Å²) in [6, 6.07) is 13.3. The first-order valence-electron chi connectivity index (χ1n) is 11.0. The lowest BCUT2D eigenvalue weighted by Crippen LogP contribution is -2.33. The summed E-state index contributed by atoms with van der Waals surface area (Å²) in [5.74, 6) is 1.34. The number of nitrogens with one attached hydrogen (secondary N) is 2. The second-order valence-electron chi connectivity index (χ2n) is 7.87. The maximum absolute atomic E-state index is 12.7. The molecule has 2 aromatic carbocycles. The van der Waals surface area contributed by atoms with Gasteiger partial charge in [0.25, 0.3) is 5.91 Å². The van der Waals surface area contributed by atoms with Crippen molar-refractivity contribution < 1.29 is 19.1 Å². The highest BCUT2D eigenvalue weighted by atomic mass is 16.5. The second-order valence-corrected chi connectivity index (χ2v) is 7.87. The van der Waals surface area contributed by atoms with Crippen molar-refractivity contribution in [3.8, 4) is 11.5 Å². The van der Waals surface area contributed by atoms with Crippen molar-refractivity contribution in [2.75, 3.05) is 38.2 Å². The Balaban J connectivity index is 1.41. The van der Waals surface area contributed by atoms with Gasteiger partial charge in [-0.1, -0.05) is 12.1 Å². The van der Waals surface area contributed by atoms with Crippen LogP contribution in [0.4, 0.5) is 5.69 Å². The highest BCUT2D eigenvalue weighted by Gasteiger charge is 2.28. The van der Waals surface area contributed by atoms with Gasteiger partial charge in [0.05, 0.1) is 19.8 Å². The molecule has 2 aromatic rings. The third-order valence-corrected chi connectivity index (χ3v) is 5.61. The van der Waals surface area contributed by atoms with Crippen LogP contribution in [0.2, 0.25) is 0 Å². The van der Waals surface area contributed by atoms with Gasteiger partial charge < -0.3 is 20.1 Å². The number of ether oxygens (including phenoxy) is 2. The van der Waals surface area contributed by atoms with Gasteiger partial charge >= 0.3 is 0 Å². The van der Waals surface area contributed by atoms with Crippen molar-refractivity contribution in [1.82, 2.24) is 10.2 Å². The molecular formula is C24H29N3O4. The molecule has 0 radical (unpaired) electrons. The number of fused-ring (bicyclic) bond motifs is 1. The number of likely N-dealkylation sites (tertiary alicyclic amines) is 1. The molecule has 7 nitrogen and oxygen atoms in total. The third-order valence-electron chi connectivity index (χ3n) is 5.61. The molecule has 2 N–H and O–H groups in total. The van der Waals surface area contributed by atoms with Crippen molar-refractivity contribution >= 4 is 17.5 Å². The number of benzene rings is 2. The number of carbonyl (C=O) groups excluding carboxylic acids is 2. The Morgan fingerprint density at radius 2 is 1.90 bits per heavy atom. The zero-order valence-corrected chi connectivity index (χ0v) is 17.9. The molecule has 0 aromatic heterocycles. The lowest BCUT2D eigenvalue weighted by molar-refractivity contribution is -0.117. The van der Waals surface area contributed by atoms with Crippen LogP contribution >= 0.6 is 0 Å². The monoisotopic (exact) mass is 423 g/mol. The van der Waals surface area contributed by atoms with Gasteiger partial charge in [-0.25, -0.2) is 0 Å². The average Bonchev–Trinajstić information content (AvgIpc) is 3.09. The van der Waals surface area contributed by atoms with E-state index in [0.717, 1.165) is 42.9 Å². The zero-order chi connectivity index (χ0) is 21.6. The first-order valence-corrected chi connectivity index (χ1v) is 11.0. The first kappa shape index (κ1) is 21.2. The van der Waals surface area contributed by atoms with E-state index in [4.69, 9.17) is 9.47 Å². The SMILES string of the molecule is CCNC(=O)c1cccc(NC(=O)CN2CCC[C@H]2c2ccc3c(c2)OCCCO3)c1. The summed E-state index contributed by atoms with van der Waals surface area (Å²) >= 11 is 0. The van der Waals surface area contributed by atoms with Crippen molar-refractivity contribution in [2.45, 2.75) is 32.2 Å². The number of rotatable bonds is 6. The van der Waals surface area contributed by atoms with Crippen LogP contribution < -0.4 is 20.1 Å². The van der Waals surface area contributed by atoms with E-state index in [1.807, 2.05) is 13.0 Å². The minimum Gasteiger partial charge on any atom is -0.490 e. The molecule has 1 atom stereocenters. The van der Waals surface area contributed by atoms with Gasteiger partial charge in [0.15, 0.2) is 11.5 Å². The number of nitrogens with zero attached hydrogens (tertiary/aromatic N) is 1. The van der Waals surface area contributed by atoms with E-state index in [1.54, 1.807) is 24.3 Å². The molecule has 0 saturated carbocycles. The molecule has 31 heavy (non-hydrogen) atoms. The Labute approximate surface area is 182 Å². The van der Waals surface area contributed by atoms with Gasteiger partial charge in [-0.15, -0.1) is 0 Å². The van der Waals surface area contributed by atoms with Crippen LogP contribution in [-0.4, -0.2) is 49.6 Å². The zero-order valence-electron chi connectivity index (χ0n) is 17.9. The van der Waals surface area contributed by atoms with Crippen LogP contribution in [0.15, 0.2) is 42.5 Å². The topological polar surface area (TPSA) is 79.9 Å². The average molecular weight is 424 g/mol. The first-order chi connectivity index (χ1) is 15.1. The van der Waals surface area contributed by atoms with Gasteiger partial charge in [-0.05, 0) is 62.2 Å². The van der Waals surface area contributed by atoms with E-state index in [-0.39, 0.29) is 17.9 Å². The van der Waals surface area contributed by atoms with E-state index in [0.29, 0.717) is 37.6 Å². The number of anilines is 1. The molecule has 1 fully saturated rings. The summed E-state index contributed by atoms with van der Waals surface area (Å²) in [5, 5.41) is 5.70. The van der Waals surface area contributed by atoms with E-state index < -0.39 is 0 Å². The van der Waals surface area contributed by atoms with Gasteiger partial charge in [-0.3, -0.25) is 14.5 Å². The number of amides is 2. The second kappa shape index (κ2) is 9.83. The summed E-state index contributed by atoms with van der Waals surface area (Å²) in [6.07, 6.45) is 2.92. The molecule has 2 aliphatic heterocycles. The number of hydrogen-bond acceptors (Lipinski definition) is 5. The molecule has 2 aliphatic rings. The fourth-order valence-corrected chi connectivity index (χ4v) is 4.17. The fraction of sp³-hybridized carbons (Fsp3) is 0.417. The smallest absolute Gasteiger partial charge is 0.251 e. The molecule has 164 valence electrons. The van der Waals surface area contributed by atoms with Gasteiger partial charge in [0.1, 0.15) is 0 Å². The predicted octanol–water partition coefficient (Wildman–Crippen LogP) is 3.37. The fourth-order valence-electron chi connectivity index (χ4n) is 4.17. The summed E-state index contributed by atoms with van der Waals surface area (Å²) in [7, 11) is 0. The number of hydrogen-bond donors (Lipinski definition) is 2. The Morgan fingerprint density at radius 3 is 2.74 bits per heavy atom. The molecule has 4 rings (SSSR count). The van der Waals surface area contributed by atoms with E-state index >= 15 is 0 Å². The van der Waals surface area contributed by atoms with Crippen molar-refractivity contribution in [1.29, 1.82) is 0 Å². The standard InChI is InChI=1S/C24H29N3O4/c1-2-25-24(29)18-6-3-7-19(14-18)26-23(28)16-27-11-4-8-20(27)17-9-10-21-22(15-17)31-13-5-12-30-21/h3,6-7,9-10,14-15,20H,2,4-5,8,11-13,16H2,1H3,(H,25,29)(H,26,28)/t20-/m0/s1. The van der Waals surface area contributed by atoms with E-state index in [2.05, 4.69) is 27.7 Å². The summed E-state index contributed by atoms with van der Waals surface area (Å²) in [4.78, 5) is 27.0. The minimum absolute atomic E-state index is 0.0886. The maximum atomic E-state index is 12.7. The largest absolute Gasteiger partial charge is 0.490 e. The summed E-state index contributed by atoms with van der Waals surface area (Å²) < 4.78 is 11.6. The highest BCUT2D eigenvalue weighted by molar-refractivity contribution is 5.97. The van der Waals surface area contributed by atoms with Crippen LogP contribution in [0.5, 0.6) is 11.5 Å². The van der Waals surface area contributed by atoms with Crippen LogP contribution in [0, 0.1) is 0 Å². The number of carbonyl (C=O) groups is 2. The Kier molecular flexibility index (Phi) is 6.72. The van der Waals surface area contributed by atoms with Crippen molar-refractivity contribution in [3.63, 3.8) is 0 Å². The lowest BCUT2D eigenvalue weighted by atomic mass is 10.0. The molecule has 2 amide bonds. The predicted molar refractivity (Wildman–Crippen MR) is 119 cm³/mol. The summed E-state index contributed by atoms with van der Waals surface area (Å²) in [6.45, 7) is 4.92. The van der Waals surface area contributed by atoms with E-state index in [9.17, 15) is 9.59 Å². The Morgan fingerprint density at radius 1 is 1.06 bits per heavy atom. The molecule has 2 heterocycles. The molecule has 1 saturated heterocycles. The lowest BCUT2D eigenvalue weighted by Gasteiger charge is -2.25. The van der Waals surface area contributed by atoms with E-state index in [1.165, 1.54) is 0 Å². The summed E-state index contributed by atoms with van der Waals surface area (Å²) in [5.41, 5.74) is 2.30. The van der Waals surface area contributed by atoms with Gasteiger partial charge in [0, 0.05) is 30.3 Å². The van der Waals surface area contributed by atoms with Gasteiger partial charge in [0.2, 0.25) is 5.91 Å². The molecule has 0 spiro atoms. The van der Waals surface area contributed by atoms with Crippen LogP contribution in [0.1, 0.15) is 48.1 Å². The molecule has 0 aliphatic carbocycles. The minimum atomic E-state index is -0.146. The Bertz CT molecular complexity index is 946. The van der Waals surface area contributed by atoms with Crippen LogP contribution in [0.25, 0.3) is 0 Å². The third kappa shape index (κ3) is 5.17. The quantitative estimate of drug-likeness (QED) is 0.745. The van der Waals surface area contributed by atoms with Crippen molar-refractivity contribution in [2.24, 2.45) is 0 Å². The molecule has 0 bridgehead atoms. The maximum Gasteiger partial charge on any atom is 0.251 e. The van der Waals surface area contributed by atoms with Crippen LogP contribution in [-0.2, 0) is 4.79 Å². The highest BCUT2D eigenvalue weighted by Crippen LogP contribution is 2.37. The normalized spacial score (nSPS) is 18.3. The van der Waals surface area contributed by atoms with Gasteiger partial charge in [-0.2, -0.15) is 0 Å². The molecule has 7 heteroatoms. The molecular weight excluding hydrogens is 394 g/mol. The Hall–Kier alpha value is -3.06. The van der Waals surface area contributed by atoms with Crippen LogP contribution in [0.3, 0.4) is 0 Å². The van der Waals surface area contributed by atoms with Crippen molar-refractivity contribution in [3.05, 3.63) is 53.6 Å². The molecule has 0 unspecified atom stereocenters.